The Morgan fingerprint density at radius 2 is 1.78 bits per heavy atom. The zero-order chi connectivity index (χ0) is 25.7. The number of nitrogens with zero attached hydrogens (tertiary/aromatic N) is 5. The van der Waals surface area contributed by atoms with E-state index in [1.54, 1.807) is 4.90 Å². The van der Waals surface area contributed by atoms with E-state index in [4.69, 9.17) is 0 Å². The highest BCUT2D eigenvalue weighted by molar-refractivity contribution is 5.86. The van der Waals surface area contributed by atoms with Crippen LogP contribution < -0.4 is 21.1 Å². The SMILES string of the molecule is O=c1[nH]c2cncn2c2cc(-c3nc(Nc4ccc(N5CCNCC5)c(F)c4F)ncc3F)cc(F)c12. The Morgan fingerprint density at radius 3 is 2.59 bits per heavy atom. The second-order valence-electron chi connectivity index (χ2n) is 8.47. The van der Waals surface area contributed by atoms with Crippen molar-refractivity contribution in [3.05, 3.63) is 76.6 Å². The third kappa shape index (κ3) is 3.93. The Morgan fingerprint density at radius 1 is 0.973 bits per heavy atom. The molecule has 2 aromatic carbocycles. The molecule has 0 bridgehead atoms. The van der Waals surface area contributed by atoms with Crippen LogP contribution in [0, 0.1) is 23.3 Å². The number of hydrogen-bond donors (Lipinski definition) is 3. The van der Waals surface area contributed by atoms with Crippen LogP contribution in [-0.2, 0) is 0 Å². The van der Waals surface area contributed by atoms with E-state index in [0.717, 1.165) is 12.3 Å². The zero-order valence-electron chi connectivity index (χ0n) is 19.0. The molecule has 13 heteroatoms. The molecule has 5 aromatic rings. The van der Waals surface area contributed by atoms with Gasteiger partial charge in [0.15, 0.2) is 17.5 Å². The Labute approximate surface area is 205 Å². The summed E-state index contributed by atoms with van der Waals surface area (Å²) in [6, 6.07) is 5.15. The van der Waals surface area contributed by atoms with E-state index >= 15 is 0 Å². The fourth-order valence-electron chi connectivity index (χ4n) is 4.44. The molecule has 4 heterocycles. The number of rotatable bonds is 4. The van der Waals surface area contributed by atoms with Crippen LogP contribution in [0.5, 0.6) is 0 Å². The third-order valence-corrected chi connectivity index (χ3v) is 6.22. The second kappa shape index (κ2) is 8.85. The van der Waals surface area contributed by atoms with Crippen LogP contribution in [0.3, 0.4) is 0 Å². The first-order valence-electron chi connectivity index (χ1n) is 11.3. The van der Waals surface area contributed by atoms with Gasteiger partial charge in [0, 0.05) is 31.7 Å². The molecule has 1 aliphatic heterocycles. The molecule has 9 nitrogen and oxygen atoms in total. The molecule has 3 aromatic heterocycles. The largest absolute Gasteiger partial charge is 0.367 e. The topological polar surface area (TPSA) is 103 Å². The lowest BCUT2D eigenvalue weighted by Gasteiger charge is -2.30. The number of piperazine rings is 1. The van der Waals surface area contributed by atoms with E-state index in [1.165, 1.54) is 35.1 Å². The number of H-pyrrole nitrogens is 1. The second-order valence-corrected chi connectivity index (χ2v) is 8.47. The van der Waals surface area contributed by atoms with E-state index in [2.05, 4.69) is 30.6 Å². The van der Waals surface area contributed by atoms with Gasteiger partial charge >= 0.3 is 0 Å². The van der Waals surface area contributed by atoms with E-state index in [1.807, 2.05) is 0 Å². The van der Waals surface area contributed by atoms with Gasteiger partial charge < -0.3 is 20.5 Å². The van der Waals surface area contributed by atoms with Gasteiger partial charge in [-0.1, -0.05) is 0 Å². The van der Waals surface area contributed by atoms with Gasteiger partial charge in [-0.2, -0.15) is 0 Å². The smallest absolute Gasteiger partial charge is 0.261 e. The first kappa shape index (κ1) is 22.9. The molecular weight excluding hydrogens is 492 g/mol. The number of aromatic amines is 1. The van der Waals surface area contributed by atoms with Crippen molar-refractivity contribution in [3.8, 4) is 11.3 Å². The normalized spacial score (nSPS) is 14.0. The minimum Gasteiger partial charge on any atom is -0.367 e. The quantitative estimate of drug-likeness (QED) is 0.319. The van der Waals surface area contributed by atoms with Crippen LogP contribution in [-0.4, -0.2) is 50.5 Å². The van der Waals surface area contributed by atoms with Gasteiger partial charge in [-0.3, -0.25) is 9.20 Å². The Bertz CT molecular complexity index is 1730. The molecule has 1 aliphatic rings. The molecule has 0 saturated carbocycles. The molecule has 0 aliphatic carbocycles. The summed E-state index contributed by atoms with van der Waals surface area (Å²) in [6.45, 7) is 2.38. The molecule has 0 atom stereocenters. The van der Waals surface area contributed by atoms with Gasteiger partial charge in [0.2, 0.25) is 5.95 Å². The first-order chi connectivity index (χ1) is 17.9. The summed E-state index contributed by atoms with van der Waals surface area (Å²) < 4.78 is 60.9. The first-order valence-corrected chi connectivity index (χ1v) is 11.3. The predicted molar refractivity (Wildman–Crippen MR) is 129 cm³/mol. The third-order valence-electron chi connectivity index (χ3n) is 6.22. The van der Waals surface area contributed by atoms with Crippen molar-refractivity contribution >= 4 is 33.9 Å². The maximum absolute atomic E-state index is 15.0. The average molecular weight is 510 g/mol. The van der Waals surface area contributed by atoms with E-state index < -0.39 is 28.8 Å². The number of benzene rings is 2. The van der Waals surface area contributed by atoms with Crippen molar-refractivity contribution < 1.29 is 17.6 Å². The predicted octanol–water partition coefficient (Wildman–Crippen LogP) is 3.34. The highest BCUT2D eigenvalue weighted by Crippen LogP contribution is 2.30. The van der Waals surface area contributed by atoms with Crippen LogP contribution in [0.4, 0.5) is 34.9 Å². The fourth-order valence-corrected chi connectivity index (χ4v) is 4.44. The molecule has 0 amide bonds. The summed E-state index contributed by atoms with van der Waals surface area (Å²) >= 11 is 0. The fraction of sp³-hybridized carbons (Fsp3) is 0.167. The van der Waals surface area contributed by atoms with Gasteiger partial charge in [-0.25, -0.2) is 32.5 Å². The summed E-state index contributed by atoms with van der Waals surface area (Å²) in [6.07, 6.45) is 3.60. The van der Waals surface area contributed by atoms with Gasteiger partial charge in [0.1, 0.15) is 23.5 Å². The van der Waals surface area contributed by atoms with Gasteiger partial charge in [-0.15, -0.1) is 0 Å². The van der Waals surface area contributed by atoms with Crippen LogP contribution in [0.2, 0.25) is 0 Å². The van der Waals surface area contributed by atoms with Gasteiger partial charge in [-0.05, 0) is 24.3 Å². The number of anilines is 3. The van der Waals surface area contributed by atoms with Crippen molar-refractivity contribution in [1.29, 1.82) is 0 Å². The number of imidazole rings is 1. The van der Waals surface area contributed by atoms with Crippen molar-refractivity contribution in [3.63, 3.8) is 0 Å². The van der Waals surface area contributed by atoms with Crippen LogP contribution in [0.15, 0.2) is 47.8 Å². The minimum absolute atomic E-state index is 0.00857. The molecule has 0 radical (unpaired) electrons. The lowest BCUT2D eigenvalue weighted by molar-refractivity contribution is 0.502. The summed E-state index contributed by atoms with van der Waals surface area (Å²) in [5, 5.41) is 5.48. The van der Waals surface area contributed by atoms with Crippen LogP contribution in [0.25, 0.3) is 27.8 Å². The summed E-state index contributed by atoms with van der Waals surface area (Å²) in [4.78, 5) is 28.4. The number of halogens is 4. The Hall–Kier alpha value is -4.52. The highest BCUT2D eigenvalue weighted by atomic mass is 19.2. The van der Waals surface area contributed by atoms with E-state index in [0.29, 0.717) is 31.8 Å². The van der Waals surface area contributed by atoms with Crippen molar-refractivity contribution in [2.45, 2.75) is 0 Å². The molecule has 0 spiro atoms. The molecule has 0 unspecified atom stereocenters. The lowest BCUT2D eigenvalue weighted by atomic mass is 10.1. The molecule has 6 rings (SSSR count). The van der Waals surface area contributed by atoms with Crippen molar-refractivity contribution in [1.82, 2.24) is 29.7 Å². The van der Waals surface area contributed by atoms with Gasteiger partial charge in [0.05, 0.1) is 34.7 Å². The van der Waals surface area contributed by atoms with Crippen molar-refractivity contribution in [2.24, 2.45) is 0 Å². The Kier molecular flexibility index (Phi) is 5.48. The van der Waals surface area contributed by atoms with E-state index in [-0.39, 0.29) is 39.5 Å². The number of hydrogen-bond acceptors (Lipinski definition) is 7. The number of fused-ring (bicyclic) bond motifs is 3. The molecule has 3 N–H and O–H groups in total. The number of aromatic nitrogens is 5. The van der Waals surface area contributed by atoms with Crippen molar-refractivity contribution in [2.75, 3.05) is 36.4 Å². The molecule has 1 saturated heterocycles. The number of nitrogens with one attached hydrogen (secondary N) is 3. The monoisotopic (exact) mass is 510 g/mol. The van der Waals surface area contributed by atoms with Crippen LogP contribution >= 0.6 is 0 Å². The summed E-state index contributed by atoms with van der Waals surface area (Å²) in [7, 11) is 0. The van der Waals surface area contributed by atoms with E-state index in [9.17, 15) is 22.4 Å². The van der Waals surface area contributed by atoms with Gasteiger partial charge in [0.25, 0.3) is 5.56 Å². The molecule has 37 heavy (non-hydrogen) atoms. The standard InChI is InChI=1S/C24H18F4N8O/c25-13-7-12(8-17-19(13)23(37)33-18-10-30-11-36(17)18)22-14(26)9-31-24(34-22)32-15-1-2-16(21(28)20(15)27)35-5-3-29-4-6-35/h1-2,7-11,29H,3-6H2,(H,33,37)(H,31,32,34). The maximum Gasteiger partial charge on any atom is 0.261 e. The van der Waals surface area contributed by atoms with Crippen LogP contribution in [0.1, 0.15) is 0 Å². The maximum atomic E-state index is 15.0. The molecule has 1 fully saturated rings. The summed E-state index contributed by atoms with van der Waals surface area (Å²) in [5.74, 6) is -4.17. The lowest BCUT2D eigenvalue weighted by Crippen LogP contribution is -2.44. The molecule has 188 valence electrons. The summed E-state index contributed by atoms with van der Waals surface area (Å²) in [5.41, 5.74) is -0.599. The Balaban J connectivity index is 1.39. The average Bonchev–Trinajstić information content (AvgIpc) is 3.37. The highest BCUT2D eigenvalue weighted by Gasteiger charge is 2.21. The molecular formula is C24H18F4N8O. The zero-order valence-corrected chi connectivity index (χ0v) is 19.0. The minimum atomic E-state index is -1.14.